The molecule has 1 fully saturated rings. The second kappa shape index (κ2) is 3.51. The highest BCUT2D eigenvalue weighted by Gasteiger charge is 2.42. The Morgan fingerprint density at radius 2 is 2.25 bits per heavy atom. The van der Waals surface area contributed by atoms with Gasteiger partial charge in [-0.15, -0.1) is 11.3 Å². The zero-order valence-corrected chi connectivity index (χ0v) is 10.1. The SMILES string of the molecule is CC1(NS(=O)(=O)c2scnc2C(=O)O)CC1. The molecule has 2 rings (SSSR count). The summed E-state index contributed by atoms with van der Waals surface area (Å²) in [5.74, 6) is -1.33. The van der Waals surface area contributed by atoms with Crippen LogP contribution < -0.4 is 4.72 Å². The van der Waals surface area contributed by atoms with Crippen LogP contribution in [0.25, 0.3) is 0 Å². The summed E-state index contributed by atoms with van der Waals surface area (Å²) in [6.45, 7) is 1.78. The van der Waals surface area contributed by atoms with Gasteiger partial charge in [0.1, 0.15) is 0 Å². The number of hydrogen-bond acceptors (Lipinski definition) is 5. The van der Waals surface area contributed by atoms with E-state index in [-0.39, 0.29) is 4.21 Å². The number of thiazole rings is 1. The van der Waals surface area contributed by atoms with Crippen LogP contribution in [-0.4, -0.2) is 30.0 Å². The number of hydrogen-bond donors (Lipinski definition) is 2. The van der Waals surface area contributed by atoms with E-state index in [0.717, 1.165) is 24.2 Å². The lowest BCUT2D eigenvalue weighted by Gasteiger charge is -2.10. The molecule has 1 aliphatic rings. The smallest absolute Gasteiger partial charge is 0.356 e. The van der Waals surface area contributed by atoms with Gasteiger partial charge in [-0.1, -0.05) is 0 Å². The van der Waals surface area contributed by atoms with E-state index < -0.39 is 27.2 Å². The lowest BCUT2D eigenvalue weighted by Crippen LogP contribution is -2.34. The fraction of sp³-hybridized carbons (Fsp3) is 0.500. The standard InChI is InChI=1S/C8H10N2O4S2/c1-8(2-3-8)10-16(13,14)7-5(6(11)12)9-4-15-7/h4,10H,2-3H2,1H3,(H,11,12). The molecule has 1 heterocycles. The maximum Gasteiger partial charge on any atom is 0.356 e. The lowest BCUT2D eigenvalue weighted by molar-refractivity contribution is 0.0687. The first-order valence-corrected chi connectivity index (χ1v) is 6.91. The topological polar surface area (TPSA) is 96.4 Å². The first kappa shape index (κ1) is 11.5. The van der Waals surface area contributed by atoms with Crippen LogP contribution in [0.15, 0.2) is 9.72 Å². The van der Waals surface area contributed by atoms with Crippen LogP contribution in [0.4, 0.5) is 0 Å². The van der Waals surface area contributed by atoms with Crippen molar-refractivity contribution < 1.29 is 18.3 Å². The molecule has 6 nitrogen and oxygen atoms in total. The Kier molecular flexibility index (Phi) is 2.52. The summed E-state index contributed by atoms with van der Waals surface area (Å²) in [6, 6.07) is 0. The van der Waals surface area contributed by atoms with Gasteiger partial charge in [0.2, 0.25) is 0 Å². The molecule has 1 aromatic rings. The molecule has 1 aliphatic carbocycles. The van der Waals surface area contributed by atoms with Crippen LogP contribution >= 0.6 is 11.3 Å². The maximum atomic E-state index is 11.9. The highest BCUT2D eigenvalue weighted by atomic mass is 32.2. The summed E-state index contributed by atoms with van der Waals surface area (Å²) in [7, 11) is -3.76. The Labute approximate surface area is 96.4 Å². The largest absolute Gasteiger partial charge is 0.476 e. The minimum Gasteiger partial charge on any atom is -0.476 e. The number of nitrogens with one attached hydrogen (secondary N) is 1. The van der Waals surface area contributed by atoms with E-state index in [4.69, 9.17) is 5.11 Å². The van der Waals surface area contributed by atoms with E-state index in [1.807, 2.05) is 0 Å². The van der Waals surface area contributed by atoms with Crippen LogP contribution in [0.1, 0.15) is 30.3 Å². The summed E-state index contributed by atoms with van der Waals surface area (Å²) >= 11 is 0.811. The van der Waals surface area contributed by atoms with E-state index in [9.17, 15) is 13.2 Å². The second-order valence-corrected chi connectivity index (χ2v) is 6.69. The van der Waals surface area contributed by atoms with Crippen molar-refractivity contribution in [3.05, 3.63) is 11.2 Å². The van der Waals surface area contributed by atoms with Crippen molar-refractivity contribution in [3.63, 3.8) is 0 Å². The average Bonchev–Trinajstić information content (AvgIpc) is 2.69. The van der Waals surface area contributed by atoms with Crippen molar-refractivity contribution in [2.75, 3.05) is 0 Å². The van der Waals surface area contributed by atoms with Gasteiger partial charge < -0.3 is 5.11 Å². The molecule has 0 amide bonds. The van der Waals surface area contributed by atoms with Crippen molar-refractivity contribution in [3.8, 4) is 0 Å². The highest BCUT2D eigenvalue weighted by molar-refractivity contribution is 7.91. The molecule has 1 saturated carbocycles. The number of sulfonamides is 1. The van der Waals surface area contributed by atoms with Crippen molar-refractivity contribution >= 4 is 27.3 Å². The number of aromatic nitrogens is 1. The van der Waals surface area contributed by atoms with Gasteiger partial charge in [-0.3, -0.25) is 0 Å². The Morgan fingerprint density at radius 3 is 2.75 bits per heavy atom. The number of aromatic carboxylic acids is 1. The molecule has 0 aromatic carbocycles. The maximum absolute atomic E-state index is 11.9. The summed E-state index contributed by atoms with van der Waals surface area (Å²) in [5, 5.41) is 8.78. The van der Waals surface area contributed by atoms with Crippen molar-refractivity contribution in [2.45, 2.75) is 29.5 Å². The van der Waals surface area contributed by atoms with E-state index in [1.54, 1.807) is 6.92 Å². The highest BCUT2D eigenvalue weighted by Crippen LogP contribution is 2.36. The quantitative estimate of drug-likeness (QED) is 0.831. The molecular weight excluding hydrogens is 252 g/mol. The van der Waals surface area contributed by atoms with Gasteiger partial charge >= 0.3 is 5.97 Å². The van der Waals surface area contributed by atoms with Gasteiger partial charge in [0.15, 0.2) is 9.90 Å². The average molecular weight is 262 g/mol. The third-order valence-electron chi connectivity index (χ3n) is 2.36. The number of carbonyl (C=O) groups is 1. The Bertz CT molecular complexity index is 530. The molecular formula is C8H10N2O4S2. The molecule has 0 aliphatic heterocycles. The molecule has 0 saturated heterocycles. The monoisotopic (exact) mass is 262 g/mol. The molecule has 16 heavy (non-hydrogen) atoms. The second-order valence-electron chi connectivity index (χ2n) is 3.96. The summed E-state index contributed by atoms with van der Waals surface area (Å²) in [5.41, 5.74) is 0.382. The Balaban J connectivity index is 2.35. The van der Waals surface area contributed by atoms with E-state index >= 15 is 0 Å². The molecule has 0 spiro atoms. The van der Waals surface area contributed by atoms with Crippen LogP contribution in [0.2, 0.25) is 0 Å². The van der Waals surface area contributed by atoms with Crippen LogP contribution in [0, 0.1) is 0 Å². The van der Waals surface area contributed by atoms with Crippen LogP contribution in [0.5, 0.6) is 0 Å². The number of carboxylic acids is 1. The van der Waals surface area contributed by atoms with Gasteiger partial charge in [0.05, 0.1) is 5.51 Å². The molecule has 0 radical (unpaired) electrons. The number of nitrogens with zero attached hydrogens (tertiary/aromatic N) is 1. The van der Waals surface area contributed by atoms with Crippen LogP contribution in [0.3, 0.4) is 0 Å². The van der Waals surface area contributed by atoms with Crippen molar-refractivity contribution in [2.24, 2.45) is 0 Å². The van der Waals surface area contributed by atoms with Gasteiger partial charge in [-0.2, -0.15) is 0 Å². The first-order chi connectivity index (χ1) is 7.34. The molecule has 2 N–H and O–H groups in total. The minimum absolute atomic E-state index is 0.229. The molecule has 0 bridgehead atoms. The zero-order valence-electron chi connectivity index (χ0n) is 8.43. The third-order valence-corrected chi connectivity index (χ3v) is 5.37. The molecule has 0 unspecified atom stereocenters. The van der Waals surface area contributed by atoms with Gasteiger partial charge in [0, 0.05) is 5.54 Å². The Morgan fingerprint density at radius 1 is 1.62 bits per heavy atom. The van der Waals surface area contributed by atoms with E-state index in [1.165, 1.54) is 5.51 Å². The predicted octanol–water partition coefficient (Wildman–Crippen LogP) is 0.672. The molecule has 8 heteroatoms. The van der Waals surface area contributed by atoms with Crippen molar-refractivity contribution in [1.82, 2.24) is 9.71 Å². The van der Waals surface area contributed by atoms with Gasteiger partial charge in [0.25, 0.3) is 10.0 Å². The van der Waals surface area contributed by atoms with Crippen molar-refractivity contribution in [1.29, 1.82) is 0 Å². The number of carboxylic acid groups (broad SMARTS) is 1. The van der Waals surface area contributed by atoms with E-state index in [2.05, 4.69) is 9.71 Å². The van der Waals surface area contributed by atoms with Gasteiger partial charge in [-0.25, -0.2) is 22.9 Å². The van der Waals surface area contributed by atoms with E-state index in [0.29, 0.717) is 0 Å². The first-order valence-electron chi connectivity index (χ1n) is 4.55. The molecule has 88 valence electrons. The summed E-state index contributed by atoms with van der Waals surface area (Å²) in [4.78, 5) is 14.3. The zero-order chi connectivity index (χ0) is 12.0. The Hall–Kier alpha value is -0.990. The number of rotatable bonds is 4. The summed E-state index contributed by atoms with van der Waals surface area (Å²) < 4.78 is 26.0. The van der Waals surface area contributed by atoms with Crippen LogP contribution in [-0.2, 0) is 10.0 Å². The molecule has 0 atom stereocenters. The predicted molar refractivity (Wildman–Crippen MR) is 57.0 cm³/mol. The fourth-order valence-electron chi connectivity index (χ4n) is 1.23. The normalized spacial score (nSPS) is 18.3. The van der Waals surface area contributed by atoms with Gasteiger partial charge in [-0.05, 0) is 19.8 Å². The minimum atomic E-state index is -3.76. The lowest BCUT2D eigenvalue weighted by atomic mass is 10.4. The molecule has 1 aromatic heterocycles. The fourth-order valence-corrected chi connectivity index (χ4v) is 3.84. The summed E-state index contributed by atoms with van der Waals surface area (Å²) in [6.07, 6.45) is 1.54. The third kappa shape index (κ3) is 2.08.